The van der Waals surface area contributed by atoms with Crippen LogP contribution >= 0.6 is 0 Å². The van der Waals surface area contributed by atoms with Crippen LogP contribution in [-0.2, 0) is 14.8 Å². The lowest BCUT2D eigenvalue weighted by Crippen LogP contribution is -2.40. The lowest BCUT2D eigenvalue weighted by atomic mass is 10.1. The number of amides is 3. The number of benzene rings is 2. The molecule has 7 nitrogen and oxygen atoms in total. The molecule has 118 valence electrons. The first-order chi connectivity index (χ1) is 11.0. The average Bonchev–Trinajstić information content (AvgIpc) is 2.96. The normalized spacial score (nSPS) is 18.8. The van der Waals surface area contributed by atoms with E-state index in [2.05, 4.69) is 5.32 Å². The molecular formula is C15H13N3O4S. The highest BCUT2D eigenvalue weighted by atomic mass is 32.2. The van der Waals surface area contributed by atoms with Crippen LogP contribution in [0, 0.1) is 0 Å². The van der Waals surface area contributed by atoms with Crippen LogP contribution in [0.3, 0.4) is 0 Å². The van der Waals surface area contributed by atoms with Crippen molar-refractivity contribution in [1.82, 2.24) is 10.2 Å². The van der Waals surface area contributed by atoms with Crippen molar-refractivity contribution in [2.75, 3.05) is 23.9 Å². The van der Waals surface area contributed by atoms with Crippen LogP contribution < -0.4 is 9.62 Å². The minimum atomic E-state index is -3.66. The van der Waals surface area contributed by atoms with Crippen LogP contribution in [0.2, 0.25) is 0 Å². The van der Waals surface area contributed by atoms with E-state index < -0.39 is 16.1 Å². The Morgan fingerprint density at radius 1 is 1.04 bits per heavy atom. The highest BCUT2D eigenvalue weighted by Crippen LogP contribution is 2.41. The van der Waals surface area contributed by atoms with Gasteiger partial charge >= 0.3 is 6.03 Å². The molecule has 2 aliphatic rings. The minimum Gasteiger partial charge on any atom is -0.329 e. The maximum absolute atomic E-state index is 12.8. The van der Waals surface area contributed by atoms with Gasteiger partial charge in [-0.25, -0.2) is 13.2 Å². The van der Waals surface area contributed by atoms with Gasteiger partial charge in [-0.2, -0.15) is 0 Å². The zero-order chi connectivity index (χ0) is 16.2. The number of hydrogen-bond acceptors (Lipinski definition) is 4. The van der Waals surface area contributed by atoms with Gasteiger partial charge in [0.25, 0.3) is 10.0 Å². The minimum absolute atomic E-state index is 0.0221. The maximum atomic E-state index is 12.8. The Bertz CT molecular complexity index is 933. The highest BCUT2D eigenvalue weighted by Gasteiger charge is 2.37. The van der Waals surface area contributed by atoms with E-state index in [0.29, 0.717) is 11.1 Å². The zero-order valence-electron chi connectivity index (χ0n) is 12.0. The first-order valence-electron chi connectivity index (χ1n) is 7.13. The van der Waals surface area contributed by atoms with E-state index in [4.69, 9.17) is 0 Å². The number of sulfonamides is 1. The number of nitrogens with zero attached hydrogens (tertiary/aromatic N) is 2. The summed E-state index contributed by atoms with van der Waals surface area (Å²) in [5, 5.41) is 3.96. The molecule has 8 heteroatoms. The van der Waals surface area contributed by atoms with E-state index in [-0.39, 0.29) is 30.4 Å². The molecule has 2 aromatic carbocycles. The van der Waals surface area contributed by atoms with Crippen molar-refractivity contribution in [3.8, 4) is 0 Å². The fourth-order valence-electron chi connectivity index (χ4n) is 3.07. The summed E-state index contributed by atoms with van der Waals surface area (Å²) in [6.07, 6.45) is 0. The Labute approximate surface area is 132 Å². The van der Waals surface area contributed by atoms with Gasteiger partial charge in [0.1, 0.15) is 0 Å². The van der Waals surface area contributed by atoms with Crippen LogP contribution in [0.5, 0.6) is 0 Å². The molecule has 0 spiro atoms. The van der Waals surface area contributed by atoms with E-state index in [0.717, 1.165) is 10.3 Å². The summed E-state index contributed by atoms with van der Waals surface area (Å²) in [7, 11) is -3.66. The Morgan fingerprint density at radius 2 is 1.78 bits per heavy atom. The van der Waals surface area contributed by atoms with Gasteiger partial charge in [-0.05, 0) is 17.5 Å². The Kier molecular flexibility index (Phi) is 2.86. The maximum Gasteiger partial charge on any atom is 0.324 e. The predicted octanol–water partition coefficient (Wildman–Crippen LogP) is 0.900. The van der Waals surface area contributed by atoms with E-state index >= 15 is 0 Å². The fraction of sp³-hybridized carbons (Fsp3) is 0.200. The summed E-state index contributed by atoms with van der Waals surface area (Å²) < 4.78 is 26.8. The Hall–Kier alpha value is -2.61. The molecule has 3 amide bonds. The lowest BCUT2D eigenvalue weighted by molar-refractivity contribution is -0.124. The standard InChI is InChI=1S/C15H13N3O4S/c19-13-9-16-15(20)17(13)7-8-18-11-5-1-3-10-4-2-6-12(14(10)11)23(18,21)22/h1-6H,7-9H2,(H,16,20). The topological polar surface area (TPSA) is 86.8 Å². The second-order valence-corrected chi connectivity index (χ2v) is 7.24. The zero-order valence-corrected chi connectivity index (χ0v) is 12.8. The van der Waals surface area contributed by atoms with Crippen LogP contribution in [0.4, 0.5) is 10.5 Å². The van der Waals surface area contributed by atoms with Gasteiger partial charge in [0.2, 0.25) is 5.91 Å². The number of carbonyl (C=O) groups is 2. The van der Waals surface area contributed by atoms with Gasteiger partial charge in [-0.3, -0.25) is 14.0 Å². The molecule has 1 saturated heterocycles. The number of carbonyl (C=O) groups excluding carboxylic acids is 2. The summed E-state index contributed by atoms with van der Waals surface area (Å²) in [5.41, 5.74) is 0.588. The third-order valence-electron chi connectivity index (χ3n) is 4.14. The molecule has 4 rings (SSSR count). The van der Waals surface area contributed by atoms with Gasteiger partial charge in [-0.15, -0.1) is 0 Å². The number of hydrogen-bond donors (Lipinski definition) is 1. The molecule has 0 aromatic heterocycles. The summed E-state index contributed by atoms with van der Waals surface area (Å²) in [6, 6.07) is 10.1. The molecule has 0 unspecified atom stereocenters. The fourth-order valence-corrected chi connectivity index (χ4v) is 4.77. The van der Waals surface area contributed by atoms with Crippen LogP contribution in [0.1, 0.15) is 0 Å². The third-order valence-corrected chi connectivity index (χ3v) is 6.00. The number of rotatable bonds is 3. The Balaban J connectivity index is 1.72. The lowest BCUT2D eigenvalue weighted by Gasteiger charge is -2.21. The number of anilines is 1. The molecule has 0 aliphatic carbocycles. The van der Waals surface area contributed by atoms with Crippen molar-refractivity contribution >= 4 is 38.4 Å². The summed E-state index contributed by atoms with van der Waals surface area (Å²) >= 11 is 0. The van der Waals surface area contributed by atoms with Gasteiger partial charge in [0.15, 0.2) is 0 Å². The molecule has 0 radical (unpaired) electrons. The molecule has 1 N–H and O–H groups in total. The number of nitrogens with one attached hydrogen (secondary N) is 1. The van der Waals surface area contributed by atoms with Gasteiger partial charge < -0.3 is 5.32 Å². The first kappa shape index (κ1) is 14.0. The van der Waals surface area contributed by atoms with Crippen molar-refractivity contribution in [3.05, 3.63) is 36.4 Å². The molecule has 1 fully saturated rings. The second kappa shape index (κ2) is 4.69. The molecular weight excluding hydrogens is 318 g/mol. The second-order valence-electron chi connectivity index (χ2n) is 5.41. The quantitative estimate of drug-likeness (QED) is 0.847. The number of imide groups is 1. The van der Waals surface area contributed by atoms with Crippen molar-refractivity contribution in [2.45, 2.75) is 4.90 Å². The smallest absolute Gasteiger partial charge is 0.324 e. The summed E-state index contributed by atoms with van der Waals surface area (Å²) in [4.78, 5) is 24.5. The van der Waals surface area contributed by atoms with E-state index in [1.54, 1.807) is 24.3 Å². The van der Waals surface area contributed by atoms with Crippen LogP contribution in [0.25, 0.3) is 10.8 Å². The molecule has 2 heterocycles. The third kappa shape index (κ3) is 1.91. The van der Waals surface area contributed by atoms with Crippen LogP contribution in [-0.4, -0.2) is 44.9 Å². The van der Waals surface area contributed by atoms with Crippen molar-refractivity contribution in [2.24, 2.45) is 0 Å². The molecule has 0 saturated carbocycles. The molecule has 2 aromatic rings. The summed E-state index contributed by atoms with van der Waals surface area (Å²) in [5.74, 6) is -0.345. The van der Waals surface area contributed by atoms with E-state index in [9.17, 15) is 18.0 Å². The van der Waals surface area contributed by atoms with Crippen molar-refractivity contribution < 1.29 is 18.0 Å². The largest absolute Gasteiger partial charge is 0.329 e. The predicted molar refractivity (Wildman–Crippen MR) is 83.6 cm³/mol. The van der Waals surface area contributed by atoms with Crippen molar-refractivity contribution in [3.63, 3.8) is 0 Å². The first-order valence-corrected chi connectivity index (χ1v) is 8.57. The summed E-state index contributed by atoms with van der Waals surface area (Å²) in [6.45, 7) is 0.0188. The van der Waals surface area contributed by atoms with Crippen molar-refractivity contribution in [1.29, 1.82) is 0 Å². The SMILES string of the molecule is O=C1CNC(=O)N1CCN1c2cccc3cccc(c23)S1(=O)=O. The van der Waals surface area contributed by atoms with E-state index in [1.807, 2.05) is 12.1 Å². The molecule has 23 heavy (non-hydrogen) atoms. The average molecular weight is 331 g/mol. The monoisotopic (exact) mass is 331 g/mol. The van der Waals surface area contributed by atoms with Gasteiger partial charge in [-0.1, -0.05) is 24.3 Å². The highest BCUT2D eigenvalue weighted by molar-refractivity contribution is 7.93. The molecule has 2 aliphatic heterocycles. The molecule has 0 atom stereocenters. The van der Waals surface area contributed by atoms with E-state index in [1.165, 1.54) is 4.31 Å². The Morgan fingerprint density at radius 3 is 2.48 bits per heavy atom. The van der Waals surface area contributed by atoms with Gasteiger partial charge in [0, 0.05) is 11.9 Å². The number of urea groups is 1. The van der Waals surface area contributed by atoms with Gasteiger partial charge in [0.05, 0.1) is 23.7 Å². The van der Waals surface area contributed by atoms with Crippen LogP contribution in [0.15, 0.2) is 41.3 Å². The molecule has 0 bridgehead atoms.